The van der Waals surface area contributed by atoms with Gasteiger partial charge in [0.2, 0.25) is 5.88 Å². The summed E-state index contributed by atoms with van der Waals surface area (Å²) in [5, 5.41) is 0.207. The van der Waals surface area contributed by atoms with Gasteiger partial charge in [0.15, 0.2) is 0 Å². The van der Waals surface area contributed by atoms with Crippen LogP contribution in [-0.2, 0) is 6.42 Å². The highest BCUT2D eigenvalue weighted by molar-refractivity contribution is 6.30. The molecule has 4 rings (SSSR count). The number of hydrogen-bond acceptors (Lipinski definition) is 3. The molecule has 2 aromatic carbocycles. The maximum absolute atomic E-state index is 13.6. The molecule has 0 unspecified atom stereocenters. The van der Waals surface area contributed by atoms with Crippen molar-refractivity contribution in [2.24, 2.45) is 0 Å². The third kappa shape index (κ3) is 3.64. The Bertz CT molecular complexity index is 989. The molecule has 0 atom stereocenters. The van der Waals surface area contributed by atoms with E-state index in [4.69, 9.17) is 16.3 Å². The predicted molar refractivity (Wildman–Crippen MR) is 102 cm³/mol. The van der Waals surface area contributed by atoms with Gasteiger partial charge >= 0.3 is 0 Å². The van der Waals surface area contributed by atoms with Crippen molar-refractivity contribution in [3.8, 4) is 11.6 Å². The number of benzene rings is 2. The Hall–Kier alpha value is -2.92. The number of para-hydroxylation sites is 1. The van der Waals surface area contributed by atoms with Crippen molar-refractivity contribution in [3.63, 3.8) is 0 Å². The zero-order valence-electron chi connectivity index (χ0n) is 14.4. The van der Waals surface area contributed by atoms with Gasteiger partial charge in [0.25, 0.3) is 5.91 Å². The molecule has 27 heavy (non-hydrogen) atoms. The molecule has 0 spiro atoms. The van der Waals surface area contributed by atoms with Crippen LogP contribution in [0.2, 0.25) is 5.02 Å². The van der Waals surface area contributed by atoms with Crippen molar-refractivity contribution in [2.75, 3.05) is 11.4 Å². The summed E-state index contributed by atoms with van der Waals surface area (Å²) in [5.74, 6) is -0.418. The SMILES string of the molecule is O=C(c1cccnc1Oc1cc(F)cc(Cl)c1)N1CCCc2ccccc21. The first-order chi connectivity index (χ1) is 13.1. The second kappa shape index (κ2) is 7.37. The van der Waals surface area contributed by atoms with Gasteiger partial charge in [-0.3, -0.25) is 4.79 Å². The van der Waals surface area contributed by atoms with Crippen molar-refractivity contribution in [1.29, 1.82) is 0 Å². The van der Waals surface area contributed by atoms with Crippen LogP contribution in [0.3, 0.4) is 0 Å². The number of hydrogen-bond donors (Lipinski definition) is 0. The summed E-state index contributed by atoms with van der Waals surface area (Å²) in [6, 6.07) is 15.0. The van der Waals surface area contributed by atoms with Crippen molar-refractivity contribution in [2.45, 2.75) is 12.8 Å². The van der Waals surface area contributed by atoms with Gasteiger partial charge in [-0.05, 0) is 48.7 Å². The lowest BCUT2D eigenvalue weighted by molar-refractivity contribution is 0.0982. The minimum absolute atomic E-state index is 0.118. The number of aromatic nitrogens is 1. The average molecular weight is 383 g/mol. The molecule has 3 aromatic rings. The fourth-order valence-electron chi connectivity index (χ4n) is 3.22. The summed E-state index contributed by atoms with van der Waals surface area (Å²) < 4.78 is 19.3. The lowest BCUT2D eigenvalue weighted by Gasteiger charge is -2.29. The first-order valence-corrected chi connectivity index (χ1v) is 8.98. The number of amides is 1. The first kappa shape index (κ1) is 17.5. The maximum Gasteiger partial charge on any atom is 0.263 e. The normalized spacial score (nSPS) is 13.2. The van der Waals surface area contributed by atoms with Crippen LogP contribution >= 0.6 is 11.6 Å². The lowest BCUT2D eigenvalue weighted by atomic mass is 10.0. The number of ether oxygens (including phenoxy) is 1. The number of nitrogens with zero attached hydrogens (tertiary/aromatic N) is 2. The second-order valence-electron chi connectivity index (χ2n) is 6.25. The molecule has 0 fully saturated rings. The standard InChI is InChI=1S/C21H16ClFN2O2/c22-15-11-16(23)13-17(12-15)27-20-18(7-3-9-24-20)21(26)25-10-4-6-14-5-1-2-8-19(14)25/h1-3,5,7-9,11-13H,4,6,10H2. The second-order valence-corrected chi connectivity index (χ2v) is 6.69. The van der Waals surface area contributed by atoms with E-state index in [1.165, 1.54) is 24.4 Å². The van der Waals surface area contributed by atoms with Gasteiger partial charge in [-0.25, -0.2) is 9.37 Å². The number of rotatable bonds is 3. The van der Waals surface area contributed by atoms with E-state index in [1.807, 2.05) is 24.3 Å². The van der Waals surface area contributed by atoms with Crippen LogP contribution in [0, 0.1) is 5.82 Å². The van der Waals surface area contributed by atoms with Gasteiger partial charge in [0.05, 0.1) is 0 Å². The van der Waals surface area contributed by atoms with Gasteiger partial charge in [-0.2, -0.15) is 0 Å². The van der Waals surface area contributed by atoms with E-state index in [0.717, 1.165) is 24.1 Å². The highest BCUT2D eigenvalue weighted by Crippen LogP contribution is 2.31. The van der Waals surface area contributed by atoms with E-state index in [0.29, 0.717) is 12.1 Å². The predicted octanol–water partition coefficient (Wildman–Crippen LogP) is 5.26. The van der Waals surface area contributed by atoms with E-state index in [-0.39, 0.29) is 22.6 Å². The van der Waals surface area contributed by atoms with Crippen LogP contribution in [0.15, 0.2) is 60.8 Å². The number of carbonyl (C=O) groups is 1. The topological polar surface area (TPSA) is 42.4 Å². The average Bonchev–Trinajstić information content (AvgIpc) is 2.67. The zero-order chi connectivity index (χ0) is 18.8. The van der Waals surface area contributed by atoms with Gasteiger partial charge in [0.1, 0.15) is 17.1 Å². The molecular formula is C21H16ClFN2O2. The lowest BCUT2D eigenvalue weighted by Crippen LogP contribution is -2.35. The summed E-state index contributed by atoms with van der Waals surface area (Å²) in [4.78, 5) is 19.1. The monoisotopic (exact) mass is 382 g/mol. The Morgan fingerprint density at radius 1 is 1.15 bits per heavy atom. The Morgan fingerprint density at radius 2 is 2.00 bits per heavy atom. The molecule has 2 heterocycles. The van der Waals surface area contributed by atoms with Crippen molar-refractivity contribution < 1.29 is 13.9 Å². The Balaban J connectivity index is 1.68. The van der Waals surface area contributed by atoms with Gasteiger partial charge in [0, 0.05) is 29.5 Å². The molecule has 4 nitrogen and oxygen atoms in total. The summed E-state index contributed by atoms with van der Waals surface area (Å²) in [5.41, 5.74) is 2.35. The smallest absolute Gasteiger partial charge is 0.263 e. The quantitative estimate of drug-likeness (QED) is 0.620. The first-order valence-electron chi connectivity index (χ1n) is 8.60. The van der Waals surface area contributed by atoms with Gasteiger partial charge in [-0.1, -0.05) is 29.8 Å². The number of halogens is 2. The molecule has 0 N–H and O–H groups in total. The van der Waals surface area contributed by atoms with Crippen LogP contribution in [0.4, 0.5) is 10.1 Å². The van der Waals surface area contributed by atoms with E-state index < -0.39 is 5.82 Å². The zero-order valence-corrected chi connectivity index (χ0v) is 15.1. The van der Waals surface area contributed by atoms with Gasteiger partial charge in [-0.15, -0.1) is 0 Å². The molecule has 0 saturated heterocycles. The van der Waals surface area contributed by atoms with Crippen molar-refractivity contribution in [3.05, 3.63) is 82.8 Å². The maximum atomic E-state index is 13.6. The highest BCUT2D eigenvalue weighted by Gasteiger charge is 2.26. The Kier molecular flexibility index (Phi) is 4.77. The molecule has 1 amide bonds. The molecular weight excluding hydrogens is 367 g/mol. The highest BCUT2D eigenvalue weighted by atomic mass is 35.5. The number of carbonyl (C=O) groups excluding carboxylic acids is 1. The molecule has 136 valence electrons. The molecule has 1 aliphatic rings. The molecule has 0 saturated carbocycles. The summed E-state index contributed by atoms with van der Waals surface area (Å²) in [6.07, 6.45) is 3.36. The molecule has 6 heteroatoms. The molecule has 0 aliphatic carbocycles. The van der Waals surface area contributed by atoms with Crippen molar-refractivity contribution in [1.82, 2.24) is 4.98 Å². The third-order valence-corrected chi connectivity index (χ3v) is 4.63. The number of fused-ring (bicyclic) bond motifs is 1. The van der Waals surface area contributed by atoms with E-state index >= 15 is 0 Å². The Morgan fingerprint density at radius 3 is 2.85 bits per heavy atom. The fraction of sp³-hybridized carbons (Fsp3) is 0.143. The fourth-order valence-corrected chi connectivity index (χ4v) is 3.44. The summed E-state index contributed by atoms with van der Waals surface area (Å²) in [6.45, 7) is 0.621. The van der Waals surface area contributed by atoms with Crippen LogP contribution in [-0.4, -0.2) is 17.4 Å². The summed E-state index contributed by atoms with van der Waals surface area (Å²) in [7, 11) is 0. The van der Waals surface area contributed by atoms with E-state index in [1.54, 1.807) is 17.0 Å². The molecule has 1 aromatic heterocycles. The number of aryl methyl sites for hydroxylation is 1. The molecule has 1 aliphatic heterocycles. The van der Waals surface area contributed by atoms with Crippen LogP contribution in [0.5, 0.6) is 11.6 Å². The number of pyridine rings is 1. The number of anilines is 1. The minimum Gasteiger partial charge on any atom is -0.438 e. The van der Waals surface area contributed by atoms with Crippen LogP contribution in [0.25, 0.3) is 0 Å². The Labute approximate surface area is 161 Å². The van der Waals surface area contributed by atoms with E-state index in [9.17, 15) is 9.18 Å². The third-order valence-electron chi connectivity index (χ3n) is 4.41. The molecule has 0 bridgehead atoms. The largest absolute Gasteiger partial charge is 0.438 e. The molecule has 0 radical (unpaired) electrons. The minimum atomic E-state index is -0.522. The van der Waals surface area contributed by atoms with E-state index in [2.05, 4.69) is 4.98 Å². The van der Waals surface area contributed by atoms with Crippen LogP contribution < -0.4 is 9.64 Å². The van der Waals surface area contributed by atoms with Crippen molar-refractivity contribution >= 4 is 23.2 Å². The van der Waals surface area contributed by atoms with Gasteiger partial charge < -0.3 is 9.64 Å². The summed E-state index contributed by atoms with van der Waals surface area (Å²) >= 11 is 5.88. The van der Waals surface area contributed by atoms with Crippen LogP contribution in [0.1, 0.15) is 22.3 Å².